The van der Waals surface area contributed by atoms with Crippen LogP contribution in [-0.4, -0.2) is 11.6 Å². The van der Waals surface area contributed by atoms with Gasteiger partial charge >= 0.3 is 5.97 Å². The molecule has 0 amide bonds. The van der Waals surface area contributed by atoms with E-state index in [9.17, 15) is 10.1 Å². The summed E-state index contributed by atoms with van der Waals surface area (Å²) in [5, 5.41) is 9.39. The van der Waals surface area contributed by atoms with E-state index in [1.165, 1.54) is 32.1 Å². The first-order chi connectivity index (χ1) is 9.49. The number of nitriles is 1. The zero-order valence-corrected chi connectivity index (χ0v) is 12.2. The number of cyclic esters (lactones) is 1. The van der Waals surface area contributed by atoms with Crippen LogP contribution in [0.3, 0.4) is 0 Å². The average molecular weight is 271 g/mol. The van der Waals surface area contributed by atoms with E-state index in [0.29, 0.717) is 23.3 Å². The number of nitrogens with zero attached hydrogens (tertiary/aromatic N) is 1. The minimum atomic E-state index is -0.581. The molecule has 0 N–H and O–H groups in total. The Balaban J connectivity index is 1.79. The minimum Gasteiger partial charge on any atom is -0.451 e. The third-order valence-electron chi connectivity index (χ3n) is 6.14. The monoisotopic (exact) mass is 271 g/mol. The molecule has 4 bridgehead atoms. The van der Waals surface area contributed by atoms with Crippen LogP contribution in [-0.2, 0) is 9.53 Å². The van der Waals surface area contributed by atoms with Gasteiger partial charge in [0.2, 0.25) is 0 Å². The highest BCUT2D eigenvalue weighted by molar-refractivity contribution is 5.97. The summed E-state index contributed by atoms with van der Waals surface area (Å²) >= 11 is 0. The first kappa shape index (κ1) is 12.4. The van der Waals surface area contributed by atoms with Crippen LogP contribution in [0.15, 0.2) is 11.1 Å². The molecule has 0 radical (unpaired) electrons. The molecule has 0 aromatic carbocycles. The Morgan fingerprint density at radius 3 is 2.15 bits per heavy atom. The second kappa shape index (κ2) is 3.87. The van der Waals surface area contributed by atoms with Crippen molar-refractivity contribution in [2.75, 3.05) is 0 Å². The molecule has 0 aromatic heterocycles. The molecule has 0 saturated heterocycles. The lowest BCUT2D eigenvalue weighted by Gasteiger charge is -2.55. The molecule has 4 aliphatic carbocycles. The average Bonchev–Trinajstić information content (AvgIpc) is 2.57. The molecule has 0 atom stereocenters. The standard InChI is InChI=1S/C17H21NO2/c1-17(2)15(13(8-18)16(19)20-17)14-11-4-9-3-10(6-11)7-12(14)5-9/h9-12,14H,3-7H2,1-2H3. The van der Waals surface area contributed by atoms with Gasteiger partial charge in [-0.2, -0.15) is 5.26 Å². The number of carbonyl (C=O) groups is 1. The molecule has 0 aromatic rings. The van der Waals surface area contributed by atoms with Gasteiger partial charge in [-0.1, -0.05) is 0 Å². The van der Waals surface area contributed by atoms with Crippen molar-refractivity contribution in [1.29, 1.82) is 5.26 Å². The molecule has 5 aliphatic rings. The lowest BCUT2D eigenvalue weighted by Crippen LogP contribution is -2.48. The first-order valence-electron chi connectivity index (χ1n) is 7.87. The summed E-state index contributed by atoms with van der Waals surface area (Å²) in [4.78, 5) is 12.0. The number of esters is 1. The Morgan fingerprint density at radius 2 is 1.65 bits per heavy atom. The van der Waals surface area contributed by atoms with Gasteiger partial charge in [0.1, 0.15) is 17.2 Å². The van der Waals surface area contributed by atoms with E-state index in [1.807, 2.05) is 13.8 Å². The Morgan fingerprint density at radius 1 is 1.10 bits per heavy atom. The van der Waals surface area contributed by atoms with Crippen LogP contribution < -0.4 is 0 Å². The Bertz CT molecular complexity index is 524. The van der Waals surface area contributed by atoms with Crippen LogP contribution in [0.25, 0.3) is 0 Å². The van der Waals surface area contributed by atoms with Crippen molar-refractivity contribution < 1.29 is 9.53 Å². The molecule has 1 aliphatic heterocycles. The van der Waals surface area contributed by atoms with Crippen molar-refractivity contribution in [2.24, 2.45) is 29.6 Å². The fourth-order valence-corrected chi connectivity index (χ4v) is 5.82. The maximum atomic E-state index is 12.0. The molecular formula is C17H21NO2. The zero-order chi connectivity index (χ0) is 14.1. The van der Waals surface area contributed by atoms with Gasteiger partial charge in [-0.25, -0.2) is 4.79 Å². The number of hydrogen-bond donors (Lipinski definition) is 0. The number of hydrogen-bond acceptors (Lipinski definition) is 3. The lowest BCUT2D eigenvalue weighted by atomic mass is 9.49. The number of ether oxygens (including phenoxy) is 1. The van der Waals surface area contributed by atoms with Crippen LogP contribution in [0.2, 0.25) is 0 Å². The van der Waals surface area contributed by atoms with Gasteiger partial charge in [-0.05, 0) is 75.5 Å². The smallest absolute Gasteiger partial charge is 0.349 e. The van der Waals surface area contributed by atoms with Gasteiger partial charge in [0, 0.05) is 5.57 Å². The topological polar surface area (TPSA) is 50.1 Å². The summed E-state index contributed by atoms with van der Waals surface area (Å²) in [5.41, 5.74) is 0.758. The van der Waals surface area contributed by atoms with Gasteiger partial charge in [0.05, 0.1) is 0 Å². The van der Waals surface area contributed by atoms with Gasteiger partial charge in [0.25, 0.3) is 0 Å². The van der Waals surface area contributed by atoms with Crippen molar-refractivity contribution >= 4 is 5.97 Å². The summed E-state index contributed by atoms with van der Waals surface area (Å²) in [6, 6.07) is 2.13. The summed E-state index contributed by atoms with van der Waals surface area (Å²) in [7, 11) is 0. The van der Waals surface area contributed by atoms with E-state index < -0.39 is 11.6 Å². The maximum Gasteiger partial charge on any atom is 0.349 e. The molecular weight excluding hydrogens is 250 g/mol. The zero-order valence-electron chi connectivity index (χ0n) is 12.2. The van der Waals surface area contributed by atoms with E-state index in [2.05, 4.69) is 6.07 Å². The van der Waals surface area contributed by atoms with Crippen molar-refractivity contribution in [1.82, 2.24) is 0 Å². The van der Waals surface area contributed by atoms with Crippen LogP contribution >= 0.6 is 0 Å². The second-order valence-corrected chi connectivity index (χ2v) is 7.76. The number of carbonyl (C=O) groups excluding carboxylic acids is 1. The predicted molar refractivity (Wildman–Crippen MR) is 73.3 cm³/mol. The van der Waals surface area contributed by atoms with E-state index >= 15 is 0 Å². The Hall–Kier alpha value is -1.30. The highest BCUT2D eigenvalue weighted by atomic mass is 16.6. The molecule has 5 rings (SSSR count). The molecule has 4 saturated carbocycles. The highest BCUT2D eigenvalue weighted by Gasteiger charge is 2.55. The lowest BCUT2D eigenvalue weighted by molar-refractivity contribution is -0.145. The van der Waals surface area contributed by atoms with Gasteiger partial charge in [-0.15, -0.1) is 0 Å². The molecule has 20 heavy (non-hydrogen) atoms. The second-order valence-electron chi connectivity index (χ2n) is 7.76. The van der Waals surface area contributed by atoms with Crippen molar-refractivity contribution in [3.63, 3.8) is 0 Å². The molecule has 0 unspecified atom stereocenters. The summed E-state index contributed by atoms with van der Waals surface area (Å²) in [6.07, 6.45) is 6.60. The van der Waals surface area contributed by atoms with Gasteiger partial charge < -0.3 is 4.74 Å². The predicted octanol–water partition coefficient (Wildman–Crippen LogP) is 3.21. The molecule has 4 fully saturated rings. The highest BCUT2D eigenvalue weighted by Crippen LogP contribution is 2.60. The molecule has 1 heterocycles. The SMILES string of the molecule is CC1(C)OC(=O)C(C#N)=C1C1C2CC3CC(C2)CC1C3. The quantitative estimate of drug-likeness (QED) is 0.688. The van der Waals surface area contributed by atoms with Gasteiger partial charge in [-0.3, -0.25) is 0 Å². The Labute approximate surface area is 120 Å². The van der Waals surface area contributed by atoms with Crippen LogP contribution in [0.1, 0.15) is 46.0 Å². The molecule has 0 spiro atoms. The van der Waals surface area contributed by atoms with E-state index in [4.69, 9.17) is 4.74 Å². The third kappa shape index (κ3) is 1.54. The first-order valence-corrected chi connectivity index (χ1v) is 7.87. The van der Waals surface area contributed by atoms with Gasteiger partial charge in [0.15, 0.2) is 0 Å². The van der Waals surface area contributed by atoms with Crippen LogP contribution in [0, 0.1) is 40.9 Å². The molecule has 106 valence electrons. The van der Waals surface area contributed by atoms with Crippen LogP contribution in [0.4, 0.5) is 0 Å². The van der Waals surface area contributed by atoms with Crippen molar-refractivity contribution in [3.8, 4) is 6.07 Å². The Kier molecular flexibility index (Phi) is 2.41. The van der Waals surface area contributed by atoms with Crippen LogP contribution in [0.5, 0.6) is 0 Å². The summed E-state index contributed by atoms with van der Waals surface area (Å²) in [5.74, 6) is 3.18. The van der Waals surface area contributed by atoms with E-state index in [0.717, 1.165) is 17.4 Å². The summed E-state index contributed by atoms with van der Waals surface area (Å²) in [6.45, 7) is 3.91. The normalized spacial score (nSPS) is 44.6. The minimum absolute atomic E-state index is 0.312. The maximum absolute atomic E-state index is 12.0. The molecule has 3 heteroatoms. The summed E-state index contributed by atoms with van der Waals surface area (Å²) < 4.78 is 5.49. The third-order valence-corrected chi connectivity index (χ3v) is 6.14. The number of rotatable bonds is 1. The fourth-order valence-electron chi connectivity index (χ4n) is 5.82. The van der Waals surface area contributed by atoms with E-state index in [1.54, 1.807) is 0 Å². The van der Waals surface area contributed by atoms with Crippen molar-refractivity contribution in [3.05, 3.63) is 11.1 Å². The largest absolute Gasteiger partial charge is 0.451 e. The van der Waals surface area contributed by atoms with Crippen molar-refractivity contribution in [2.45, 2.75) is 51.6 Å². The van der Waals surface area contributed by atoms with E-state index in [-0.39, 0.29) is 0 Å². The molecule has 3 nitrogen and oxygen atoms in total. The fraction of sp³-hybridized carbons (Fsp3) is 0.765.